The van der Waals surface area contributed by atoms with Gasteiger partial charge in [0.1, 0.15) is 0 Å². The van der Waals surface area contributed by atoms with E-state index >= 15 is 0 Å². The summed E-state index contributed by atoms with van der Waals surface area (Å²) in [6.45, 7) is 0. The molecule has 0 aliphatic rings. The fourth-order valence-corrected chi connectivity index (χ4v) is 1.58. The molecule has 2 aromatic carbocycles. The maximum absolute atomic E-state index is 13.0. The van der Waals surface area contributed by atoms with E-state index in [2.05, 4.69) is 5.32 Å². The molecule has 2 rings (SSSR count). The van der Waals surface area contributed by atoms with Gasteiger partial charge in [0.05, 0.1) is 0 Å². The lowest BCUT2D eigenvalue weighted by Gasteiger charge is -2.07. The predicted octanol–water partition coefficient (Wildman–Crippen LogP) is 2.38. The summed E-state index contributed by atoms with van der Waals surface area (Å²) in [7, 11) is 0. The van der Waals surface area contributed by atoms with Crippen LogP contribution in [-0.2, 0) is 0 Å². The normalized spacial score (nSPS) is 10.2. The highest BCUT2D eigenvalue weighted by atomic mass is 19.2. The van der Waals surface area contributed by atoms with Gasteiger partial charge in [-0.1, -0.05) is 0 Å². The first-order chi connectivity index (χ1) is 8.95. The Labute approximate surface area is 108 Å². The topological polar surface area (TPSA) is 81.1 Å². The molecule has 0 unspecified atom stereocenters. The van der Waals surface area contributed by atoms with Crippen LogP contribution >= 0.6 is 0 Å². The van der Waals surface area contributed by atoms with Crippen LogP contribution in [0.3, 0.4) is 0 Å². The van der Waals surface area contributed by atoms with Crippen LogP contribution in [0.5, 0.6) is 0 Å². The van der Waals surface area contributed by atoms with Crippen LogP contribution < -0.4 is 16.8 Å². The Bertz CT molecular complexity index is 624. The molecular weight excluding hydrogens is 252 g/mol. The first-order valence-electron chi connectivity index (χ1n) is 5.38. The Morgan fingerprint density at radius 3 is 2.16 bits per heavy atom. The van der Waals surface area contributed by atoms with Gasteiger partial charge in [-0.15, -0.1) is 0 Å². The number of anilines is 3. The van der Waals surface area contributed by atoms with Gasteiger partial charge >= 0.3 is 0 Å². The summed E-state index contributed by atoms with van der Waals surface area (Å²) in [5.41, 5.74) is 12.2. The van der Waals surface area contributed by atoms with Crippen molar-refractivity contribution in [1.82, 2.24) is 0 Å². The van der Waals surface area contributed by atoms with E-state index < -0.39 is 17.5 Å². The van der Waals surface area contributed by atoms with Gasteiger partial charge in [-0.3, -0.25) is 4.79 Å². The number of carbonyl (C=O) groups is 1. The molecule has 0 saturated heterocycles. The van der Waals surface area contributed by atoms with Crippen molar-refractivity contribution in [1.29, 1.82) is 0 Å². The Kier molecular flexibility index (Phi) is 3.33. The third kappa shape index (κ3) is 2.98. The number of rotatable bonds is 2. The molecule has 0 spiro atoms. The first-order valence-corrected chi connectivity index (χ1v) is 5.38. The smallest absolute Gasteiger partial charge is 0.255 e. The highest BCUT2D eigenvalue weighted by Gasteiger charge is 2.09. The van der Waals surface area contributed by atoms with Gasteiger partial charge in [-0.2, -0.15) is 0 Å². The minimum atomic E-state index is -1.04. The average Bonchev–Trinajstić information content (AvgIpc) is 2.32. The second-order valence-corrected chi connectivity index (χ2v) is 3.97. The predicted molar refractivity (Wildman–Crippen MR) is 69.6 cm³/mol. The molecule has 0 saturated carbocycles. The Morgan fingerprint density at radius 1 is 0.947 bits per heavy atom. The van der Waals surface area contributed by atoms with Gasteiger partial charge < -0.3 is 16.8 Å². The van der Waals surface area contributed by atoms with E-state index in [9.17, 15) is 13.6 Å². The zero-order chi connectivity index (χ0) is 14.0. The van der Waals surface area contributed by atoms with Crippen LogP contribution in [0.2, 0.25) is 0 Å². The van der Waals surface area contributed by atoms with Crippen molar-refractivity contribution in [2.75, 3.05) is 16.8 Å². The van der Waals surface area contributed by atoms with Crippen molar-refractivity contribution >= 4 is 23.0 Å². The van der Waals surface area contributed by atoms with Crippen LogP contribution in [0.25, 0.3) is 0 Å². The summed E-state index contributed by atoms with van der Waals surface area (Å²) < 4.78 is 25.7. The van der Waals surface area contributed by atoms with E-state index in [0.29, 0.717) is 11.4 Å². The number of benzene rings is 2. The quantitative estimate of drug-likeness (QED) is 0.727. The standard InChI is InChI=1S/C13H11F2N3O/c14-11-2-1-10(6-12(11)15)18-13(19)7-3-8(16)5-9(17)4-7/h1-6H,16-17H2,(H,18,19). The third-order valence-corrected chi connectivity index (χ3v) is 2.42. The van der Waals surface area contributed by atoms with Gasteiger partial charge in [-0.05, 0) is 30.3 Å². The van der Waals surface area contributed by atoms with E-state index in [1.54, 1.807) is 0 Å². The Morgan fingerprint density at radius 2 is 1.58 bits per heavy atom. The highest BCUT2D eigenvalue weighted by Crippen LogP contribution is 2.17. The molecular formula is C13H11F2N3O. The van der Waals surface area contributed by atoms with E-state index in [0.717, 1.165) is 12.1 Å². The molecule has 0 aromatic heterocycles. The number of amides is 1. The number of carbonyl (C=O) groups excluding carboxylic acids is 1. The van der Waals surface area contributed by atoms with E-state index in [1.807, 2.05) is 0 Å². The molecule has 2 aromatic rings. The Hall–Kier alpha value is -2.63. The third-order valence-electron chi connectivity index (χ3n) is 2.42. The van der Waals surface area contributed by atoms with Crippen LogP contribution in [0, 0.1) is 11.6 Å². The number of hydrogen-bond acceptors (Lipinski definition) is 3. The fraction of sp³-hybridized carbons (Fsp3) is 0. The molecule has 0 heterocycles. The zero-order valence-electron chi connectivity index (χ0n) is 9.78. The molecule has 5 N–H and O–H groups in total. The van der Waals surface area contributed by atoms with E-state index in [4.69, 9.17) is 11.5 Å². The molecule has 6 heteroatoms. The zero-order valence-corrected chi connectivity index (χ0v) is 9.78. The number of nitrogens with one attached hydrogen (secondary N) is 1. The molecule has 0 radical (unpaired) electrons. The van der Waals surface area contributed by atoms with Crippen molar-refractivity contribution < 1.29 is 13.6 Å². The number of halogens is 2. The lowest BCUT2D eigenvalue weighted by atomic mass is 10.1. The summed E-state index contributed by atoms with van der Waals surface area (Å²) in [6, 6.07) is 7.46. The van der Waals surface area contributed by atoms with E-state index in [-0.39, 0.29) is 11.3 Å². The summed E-state index contributed by atoms with van der Waals surface area (Å²) in [6.07, 6.45) is 0. The van der Waals surface area contributed by atoms with Gasteiger partial charge in [0.2, 0.25) is 0 Å². The fourth-order valence-electron chi connectivity index (χ4n) is 1.58. The molecule has 0 aliphatic heterocycles. The van der Waals surface area contributed by atoms with Crippen LogP contribution in [0.1, 0.15) is 10.4 Å². The van der Waals surface area contributed by atoms with Gasteiger partial charge in [0.15, 0.2) is 11.6 Å². The monoisotopic (exact) mass is 263 g/mol. The van der Waals surface area contributed by atoms with Gasteiger partial charge in [-0.25, -0.2) is 8.78 Å². The molecule has 4 nitrogen and oxygen atoms in total. The number of nitrogen functional groups attached to an aromatic ring is 2. The second-order valence-electron chi connectivity index (χ2n) is 3.97. The number of hydrogen-bond donors (Lipinski definition) is 3. The summed E-state index contributed by atoms with van der Waals surface area (Å²) >= 11 is 0. The summed E-state index contributed by atoms with van der Waals surface area (Å²) in [4.78, 5) is 11.9. The van der Waals surface area contributed by atoms with Gasteiger partial charge in [0, 0.05) is 28.7 Å². The lowest BCUT2D eigenvalue weighted by molar-refractivity contribution is 0.102. The first kappa shape index (κ1) is 12.8. The summed E-state index contributed by atoms with van der Waals surface area (Å²) in [5, 5.41) is 2.42. The largest absolute Gasteiger partial charge is 0.399 e. The average molecular weight is 263 g/mol. The minimum absolute atomic E-state index is 0.143. The van der Waals surface area contributed by atoms with Gasteiger partial charge in [0.25, 0.3) is 5.91 Å². The number of nitrogens with two attached hydrogens (primary N) is 2. The van der Waals surface area contributed by atoms with Crippen LogP contribution in [0.4, 0.5) is 25.8 Å². The molecule has 0 aliphatic carbocycles. The Balaban J connectivity index is 2.22. The van der Waals surface area contributed by atoms with Crippen molar-refractivity contribution in [2.24, 2.45) is 0 Å². The molecule has 0 bridgehead atoms. The van der Waals surface area contributed by atoms with E-state index in [1.165, 1.54) is 24.3 Å². The van der Waals surface area contributed by atoms with Crippen molar-refractivity contribution in [3.63, 3.8) is 0 Å². The lowest BCUT2D eigenvalue weighted by Crippen LogP contribution is -2.13. The van der Waals surface area contributed by atoms with Crippen LogP contribution in [-0.4, -0.2) is 5.91 Å². The maximum atomic E-state index is 13.0. The minimum Gasteiger partial charge on any atom is -0.399 e. The molecule has 1 amide bonds. The second kappa shape index (κ2) is 4.93. The SMILES string of the molecule is Nc1cc(N)cc(C(=O)Nc2ccc(F)c(F)c2)c1. The molecule has 0 fully saturated rings. The summed E-state index contributed by atoms with van der Waals surface area (Å²) in [5.74, 6) is -2.53. The highest BCUT2D eigenvalue weighted by molar-refractivity contribution is 6.05. The maximum Gasteiger partial charge on any atom is 0.255 e. The molecule has 98 valence electrons. The van der Waals surface area contributed by atoms with Crippen LogP contribution in [0.15, 0.2) is 36.4 Å². The van der Waals surface area contributed by atoms with Crippen molar-refractivity contribution in [3.05, 3.63) is 53.6 Å². The molecule has 0 atom stereocenters. The molecule has 19 heavy (non-hydrogen) atoms. The van der Waals surface area contributed by atoms with Crippen molar-refractivity contribution in [3.8, 4) is 0 Å². The van der Waals surface area contributed by atoms with Crippen molar-refractivity contribution in [2.45, 2.75) is 0 Å².